The number of carbonyl (C=O) groups is 1. The zero-order chi connectivity index (χ0) is 40.6. The SMILES string of the molecule is CCCCCCCCCCCCCCCCCCCCOC[C@H](COP(=O)(O)OCC[N+](C)(C)C)OC(=O)CCCCCCCCCCCCCCCCC. The minimum absolute atomic E-state index is 0.0940. The summed E-state index contributed by atoms with van der Waals surface area (Å²) >= 11 is 0. The Kier molecular flexibility index (Phi) is 39.9. The first-order chi connectivity index (χ1) is 26.6. The van der Waals surface area contributed by atoms with Gasteiger partial charge in [-0.2, -0.15) is 0 Å². The van der Waals surface area contributed by atoms with Crippen molar-refractivity contribution in [3.05, 3.63) is 0 Å². The summed E-state index contributed by atoms with van der Waals surface area (Å²) in [6.45, 7) is 5.69. The van der Waals surface area contributed by atoms with Gasteiger partial charge in [0.1, 0.15) is 19.3 Å². The molecule has 0 aromatic heterocycles. The number of unbranched alkanes of at least 4 members (excludes halogenated alkanes) is 31. The Bertz CT molecular complexity index is 853. The van der Waals surface area contributed by atoms with Gasteiger partial charge >= 0.3 is 13.8 Å². The van der Waals surface area contributed by atoms with Crippen molar-refractivity contribution in [1.29, 1.82) is 0 Å². The molecule has 0 spiro atoms. The molecule has 2 atom stereocenters. The topological polar surface area (TPSA) is 91.3 Å². The summed E-state index contributed by atoms with van der Waals surface area (Å²) in [5.41, 5.74) is 0. The van der Waals surface area contributed by atoms with Gasteiger partial charge in [0.2, 0.25) is 0 Å². The van der Waals surface area contributed by atoms with Crippen LogP contribution in [-0.4, -0.2) is 75.6 Å². The van der Waals surface area contributed by atoms with Crippen LogP contribution in [0.3, 0.4) is 0 Å². The van der Waals surface area contributed by atoms with Crippen molar-refractivity contribution in [1.82, 2.24) is 0 Å². The molecule has 0 amide bonds. The normalized spacial score (nSPS) is 13.6. The third kappa shape index (κ3) is 44.4. The van der Waals surface area contributed by atoms with Gasteiger partial charge in [-0.1, -0.05) is 213 Å². The lowest BCUT2D eigenvalue weighted by molar-refractivity contribution is -0.870. The number of hydrogen-bond acceptors (Lipinski definition) is 6. The smallest absolute Gasteiger partial charge is 0.457 e. The summed E-state index contributed by atoms with van der Waals surface area (Å²) in [7, 11) is 1.69. The first-order valence-electron chi connectivity index (χ1n) is 23.8. The Labute approximate surface area is 342 Å². The largest absolute Gasteiger partial charge is 0.472 e. The number of carbonyl (C=O) groups excluding carboxylic acids is 1. The molecular weight excluding hydrogens is 709 g/mol. The second kappa shape index (κ2) is 40.3. The molecule has 0 saturated carbocycles. The highest BCUT2D eigenvalue weighted by atomic mass is 31.2. The molecule has 0 radical (unpaired) electrons. The van der Waals surface area contributed by atoms with Crippen LogP contribution in [0.2, 0.25) is 0 Å². The predicted octanol–water partition coefficient (Wildman–Crippen LogP) is 14.1. The van der Waals surface area contributed by atoms with Crippen molar-refractivity contribution in [2.75, 3.05) is 54.1 Å². The average molecular weight is 805 g/mol. The molecule has 0 aromatic rings. The van der Waals surface area contributed by atoms with Gasteiger partial charge in [0.25, 0.3) is 0 Å². The molecule has 1 unspecified atom stereocenters. The number of ether oxygens (including phenoxy) is 2. The molecule has 8 nitrogen and oxygen atoms in total. The Morgan fingerprint density at radius 2 is 0.836 bits per heavy atom. The molecule has 0 aromatic carbocycles. The third-order valence-corrected chi connectivity index (χ3v) is 11.7. The second-order valence-corrected chi connectivity index (χ2v) is 19.0. The molecule has 0 heterocycles. The van der Waals surface area contributed by atoms with E-state index in [-0.39, 0.29) is 25.8 Å². The Balaban J connectivity index is 4.13. The van der Waals surface area contributed by atoms with Crippen LogP contribution in [-0.2, 0) is 27.9 Å². The minimum Gasteiger partial charge on any atom is -0.457 e. The second-order valence-electron chi connectivity index (χ2n) is 17.5. The highest BCUT2D eigenvalue weighted by Gasteiger charge is 2.26. The number of rotatable bonds is 45. The highest BCUT2D eigenvalue weighted by molar-refractivity contribution is 7.47. The molecule has 9 heteroatoms. The van der Waals surface area contributed by atoms with Crippen molar-refractivity contribution < 1.29 is 37.3 Å². The number of phosphoric acid groups is 1. The van der Waals surface area contributed by atoms with Gasteiger partial charge in [-0.15, -0.1) is 0 Å². The number of esters is 1. The quantitative estimate of drug-likeness (QED) is 0.0284. The summed E-state index contributed by atoms with van der Waals surface area (Å²) in [6.07, 6.45) is 42.7. The van der Waals surface area contributed by atoms with Crippen LogP contribution in [0.1, 0.15) is 232 Å². The van der Waals surface area contributed by atoms with Crippen LogP contribution in [0.5, 0.6) is 0 Å². The van der Waals surface area contributed by atoms with E-state index >= 15 is 0 Å². The molecule has 1 N–H and O–H groups in total. The van der Waals surface area contributed by atoms with Gasteiger partial charge in [-0.3, -0.25) is 13.8 Å². The van der Waals surface area contributed by atoms with Crippen molar-refractivity contribution in [2.45, 2.75) is 238 Å². The maximum absolute atomic E-state index is 12.7. The fraction of sp³-hybridized carbons (Fsp3) is 0.978. The summed E-state index contributed by atoms with van der Waals surface area (Å²) in [5, 5.41) is 0. The van der Waals surface area contributed by atoms with Crippen molar-refractivity contribution in [3.8, 4) is 0 Å². The maximum atomic E-state index is 12.7. The standard InChI is InChI=1S/C46H94NO7P/c1-6-8-10-12-14-16-18-20-22-23-24-26-28-30-32-34-36-38-41-51-43-45(44-53-55(49,50)52-42-40-47(3,4)5)54-46(48)39-37-35-33-31-29-27-25-21-19-17-15-13-11-9-7-2/h45H,6-44H2,1-5H3/p+1/t45-/m1/s1. The Morgan fingerprint density at radius 3 is 1.20 bits per heavy atom. The molecule has 0 saturated heterocycles. The zero-order valence-corrected chi connectivity index (χ0v) is 38.3. The summed E-state index contributed by atoms with van der Waals surface area (Å²) in [5.74, 6) is -0.307. The van der Waals surface area contributed by atoms with Gasteiger partial charge in [-0.05, 0) is 12.8 Å². The van der Waals surface area contributed by atoms with E-state index < -0.39 is 13.9 Å². The number of quaternary nitrogens is 1. The lowest BCUT2D eigenvalue weighted by atomic mass is 10.0. The number of likely N-dealkylation sites (N-methyl/N-ethyl adjacent to an activating group) is 1. The molecular formula is C46H95NO7P+. The lowest BCUT2D eigenvalue weighted by Gasteiger charge is -2.24. The molecule has 0 aliphatic carbocycles. The van der Waals surface area contributed by atoms with E-state index in [2.05, 4.69) is 13.8 Å². The van der Waals surface area contributed by atoms with Crippen LogP contribution in [0.15, 0.2) is 0 Å². The number of phosphoric ester groups is 1. The van der Waals surface area contributed by atoms with Gasteiger partial charge in [0, 0.05) is 13.0 Å². The fourth-order valence-corrected chi connectivity index (χ4v) is 7.71. The molecule has 0 fully saturated rings. The molecule has 0 aliphatic rings. The highest BCUT2D eigenvalue weighted by Crippen LogP contribution is 2.43. The molecule has 330 valence electrons. The maximum Gasteiger partial charge on any atom is 0.472 e. The van der Waals surface area contributed by atoms with E-state index in [1.165, 1.54) is 180 Å². The molecule has 0 aliphatic heterocycles. The molecule has 0 rings (SSSR count). The monoisotopic (exact) mass is 805 g/mol. The van der Waals surface area contributed by atoms with Crippen LogP contribution in [0.25, 0.3) is 0 Å². The van der Waals surface area contributed by atoms with E-state index in [4.69, 9.17) is 18.5 Å². The summed E-state index contributed by atoms with van der Waals surface area (Å²) in [6, 6.07) is 0. The fourth-order valence-electron chi connectivity index (χ4n) is 6.97. The van der Waals surface area contributed by atoms with E-state index in [9.17, 15) is 14.3 Å². The predicted molar refractivity (Wildman–Crippen MR) is 234 cm³/mol. The minimum atomic E-state index is -4.27. The first kappa shape index (κ1) is 54.5. The van der Waals surface area contributed by atoms with Gasteiger partial charge in [0.15, 0.2) is 0 Å². The summed E-state index contributed by atoms with van der Waals surface area (Å²) in [4.78, 5) is 22.9. The average Bonchev–Trinajstić information content (AvgIpc) is 3.13. The van der Waals surface area contributed by atoms with Gasteiger partial charge < -0.3 is 18.9 Å². The zero-order valence-electron chi connectivity index (χ0n) is 37.4. The third-order valence-electron chi connectivity index (χ3n) is 10.7. The molecule has 55 heavy (non-hydrogen) atoms. The Morgan fingerprint density at radius 1 is 0.491 bits per heavy atom. The number of hydrogen-bond donors (Lipinski definition) is 1. The van der Waals surface area contributed by atoms with Crippen LogP contribution >= 0.6 is 7.82 Å². The lowest BCUT2D eigenvalue weighted by Crippen LogP contribution is -2.37. The van der Waals surface area contributed by atoms with Crippen LogP contribution in [0.4, 0.5) is 0 Å². The van der Waals surface area contributed by atoms with Gasteiger partial charge in [-0.25, -0.2) is 4.57 Å². The van der Waals surface area contributed by atoms with Crippen LogP contribution < -0.4 is 0 Å². The van der Waals surface area contributed by atoms with Gasteiger partial charge in [0.05, 0.1) is 34.4 Å². The number of nitrogens with zero attached hydrogens (tertiary/aromatic N) is 1. The first-order valence-corrected chi connectivity index (χ1v) is 25.3. The Hall–Kier alpha value is -0.500. The summed E-state index contributed by atoms with van der Waals surface area (Å²) < 4.78 is 35.1. The van der Waals surface area contributed by atoms with Crippen molar-refractivity contribution in [2.24, 2.45) is 0 Å². The van der Waals surface area contributed by atoms with Crippen molar-refractivity contribution >= 4 is 13.8 Å². The van der Waals surface area contributed by atoms with E-state index in [0.717, 1.165) is 32.1 Å². The van der Waals surface area contributed by atoms with E-state index in [1.54, 1.807) is 0 Å². The molecule has 0 bridgehead atoms. The van der Waals surface area contributed by atoms with E-state index in [0.29, 0.717) is 24.1 Å². The van der Waals surface area contributed by atoms with Crippen LogP contribution in [0, 0.1) is 0 Å². The van der Waals surface area contributed by atoms with Crippen molar-refractivity contribution in [3.63, 3.8) is 0 Å². The van der Waals surface area contributed by atoms with E-state index in [1.807, 2.05) is 21.1 Å².